The van der Waals surface area contributed by atoms with Gasteiger partial charge in [-0.15, -0.1) is 0 Å². The van der Waals surface area contributed by atoms with Crippen molar-refractivity contribution in [3.05, 3.63) is 11.6 Å². The predicted octanol–water partition coefficient (Wildman–Crippen LogP) is -8.56. The van der Waals surface area contributed by atoms with Gasteiger partial charge in [-0.1, -0.05) is 6.08 Å². The Bertz CT molecular complexity index is 958. The molecule has 0 aromatic carbocycles. The topological polar surface area (TPSA) is 321 Å². The zero-order chi connectivity index (χ0) is 32.6. The summed E-state index contributed by atoms with van der Waals surface area (Å²) in [5.41, 5.74) is 0.0225. The third-order valence-corrected chi connectivity index (χ3v) is 8.48. The Balaban J connectivity index is 1.42. The fourth-order valence-electron chi connectivity index (χ4n) is 5.81. The van der Waals surface area contributed by atoms with Crippen LogP contribution >= 0.6 is 0 Å². The van der Waals surface area contributed by atoms with Crippen LogP contribution in [0.3, 0.4) is 0 Å². The normalized spacial score (nSPS) is 52.0. The minimum atomic E-state index is -1.93. The van der Waals surface area contributed by atoms with Crippen LogP contribution in [0, 0.1) is 0 Å². The van der Waals surface area contributed by atoms with E-state index in [2.05, 4.69) is 5.32 Å². The largest absolute Gasteiger partial charge is 0.394 e. The van der Waals surface area contributed by atoms with Crippen molar-refractivity contribution < 1.29 is 90.1 Å². The smallest absolute Gasteiger partial charge is 0.187 e. The molecule has 3 aliphatic heterocycles. The fourth-order valence-corrected chi connectivity index (χ4v) is 5.81. The molecule has 4 rings (SSSR count). The van der Waals surface area contributed by atoms with E-state index in [4.69, 9.17) is 23.7 Å². The third kappa shape index (κ3) is 6.96. The lowest BCUT2D eigenvalue weighted by atomic mass is 9.86. The molecule has 3 saturated heterocycles. The summed E-state index contributed by atoms with van der Waals surface area (Å²) >= 11 is 0. The number of ether oxygens (including phenoxy) is 5. The monoisotopic (exact) mass is 645 g/mol. The predicted molar refractivity (Wildman–Crippen MR) is 138 cm³/mol. The van der Waals surface area contributed by atoms with Gasteiger partial charge in [-0.05, 0) is 12.5 Å². The van der Waals surface area contributed by atoms with Crippen molar-refractivity contribution in [1.82, 2.24) is 5.32 Å². The van der Waals surface area contributed by atoms with Gasteiger partial charge in [0, 0.05) is 0 Å². The van der Waals surface area contributed by atoms with Gasteiger partial charge in [0.15, 0.2) is 18.9 Å². The highest BCUT2D eigenvalue weighted by molar-refractivity contribution is 5.22. The molecule has 3 fully saturated rings. The highest BCUT2D eigenvalue weighted by Crippen LogP contribution is 2.32. The van der Waals surface area contributed by atoms with E-state index in [-0.39, 0.29) is 5.57 Å². The maximum absolute atomic E-state index is 10.9. The van der Waals surface area contributed by atoms with Crippen LogP contribution in [-0.2, 0) is 23.7 Å². The van der Waals surface area contributed by atoms with Crippen molar-refractivity contribution in [3.8, 4) is 0 Å². The van der Waals surface area contributed by atoms with Gasteiger partial charge in [0.1, 0.15) is 79.4 Å². The minimum absolute atomic E-state index is 0.0225. The van der Waals surface area contributed by atoms with Gasteiger partial charge in [-0.2, -0.15) is 0 Å². The lowest BCUT2D eigenvalue weighted by molar-refractivity contribution is -0.373. The Morgan fingerprint density at radius 1 is 0.636 bits per heavy atom. The number of aliphatic hydroxyl groups is 13. The van der Waals surface area contributed by atoms with Crippen molar-refractivity contribution in [2.24, 2.45) is 0 Å². The molecule has 0 aromatic heterocycles. The summed E-state index contributed by atoms with van der Waals surface area (Å²) < 4.78 is 27.4. The zero-order valence-corrected chi connectivity index (χ0v) is 23.5. The summed E-state index contributed by atoms with van der Waals surface area (Å²) in [6.07, 6.45) is -26.6. The molecule has 3 heterocycles. The van der Waals surface area contributed by atoms with Gasteiger partial charge < -0.3 is 95.4 Å². The van der Waals surface area contributed by atoms with Crippen LogP contribution in [0.2, 0.25) is 0 Å². The summed E-state index contributed by atoms with van der Waals surface area (Å²) in [5, 5.41) is 136. The maximum Gasteiger partial charge on any atom is 0.187 e. The van der Waals surface area contributed by atoms with Gasteiger partial charge in [-0.3, -0.25) is 0 Å². The standard InChI is InChI=1S/C25H43NO18/c1-6-11(26-8-2-7(3-27)12(30)15(33)13(8)31)14(32)19(37)24(40-6)43-22-10(5-29)42-25(20(38)17(22)35)44-21-9(4-28)41-23(39)18(36)16(21)34/h2,6,8-39H,3-5H2,1H3/t6?,8?,9?,10?,11?,12-,13+,14+,15+,16-,17-,18?,19?,20?,21?,22?,23-,24+,25+/m1/s1. The molecule has 1 aliphatic carbocycles. The van der Waals surface area contributed by atoms with Gasteiger partial charge in [0.2, 0.25) is 0 Å². The molecule has 0 spiro atoms. The van der Waals surface area contributed by atoms with Crippen molar-refractivity contribution in [2.45, 2.75) is 123 Å². The van der Waals surface area contributed by atoms with Crippen LogP contribution in [0.4, 0.5) is 0 Å². The Labute approximate surface area is 250 Å². The van der Waals surface area contributed by atoms with E-state index < -0.39 is 136 Å². The highest BCUT2D eigenvalue weighted by atomic mass is 16.7. The Morgan fingerprint density at radius 3 is 1.73 bits per heavy atom. The van der Waals surface area contributed by atoms with Crippen LogP contribution in [0.15, 0.2) is 11.6 Å². The first-order valence-electron chi connectivity index (χ1n) is 14.1. The van der Waals surface area contributed by atoms with Gasteiger partial charge in [-0.25, -0.2) is 0 Å². The van der Waals surface area contributed by atoms with Crippen LogP contribution in [0.5, 0.6) is 0 Å². The first kappa shape index (κ1) is 35.8. The van der Waals surface area contributed by atoms with E-state index >= 15 is 0 Å². The van der Waals surface area contributed by atoms with Gasteiger partial charge in [0.05, 0.1) is 38.0 Å². The molecule has 0 saturated carbocycles. The molecule has 14 N–H and O–H groups in total. The highest BCUT2D eigenvalue weighted by Gasteiger charge is 2.53. The number of aliphatic hydroxyl groups excluding tert-OH is 13. The molecule has 256 valence electrons. The fraction of sp³-hybridized carbons (Fsp3) is 0.920. The zero-order valence-electron chi connectivity index (χ0n) is 23.5. The van der Waals surface area contributed by atoms with Gasteiger partial charge in [0.25, 0.3) is 0 Å². The molecular weight excluding hydrogens is 602 g/mol. The van der Waals surface area contributed by atoms with Crippen molar-refractivity contribution in [1.29, 1.82) is 0 Å². The molecule has 0 bridgehead atoms. The van der Waals surface area contributed by atoms with E-state index in [0.29, 0.717) is 0 Å². The van der Waals surface area contributed by atoms with E-state index in [0.717, 1.165) is 0 Å². The lowest BCUT2D eigenvalue weighted by Crippen LogP contribution is -2.68. The molecule has 10 unspecified atom stereocenters. The lowest BCUT2D eigenvalue weighted by Gasteiger charge is -2.48. The minimum Gasteiger partial charge on any atom is -0.394 e. The number of hydrogen-bond donors (Lipinski definition) is 14. The first-order chi connectivity index (χ1) is 20.7. The average molecular weight is 646 g/mol. The molecule has 4 aliphatic rings. The molecule has 19 atom stereocenters. The van der Waals surface area contributed by atoms with E-state index in [1.165, 1.54) is 13.0 Å². The summed E-state index contributed by atoms with van der Waals surface area (Å²) in [6, 6.07) is -2.17. The quantitative estimate of drug-likeness (QED) is 0.103. The van der Waals surface area contributed by atoms with E-state index in [9.17, 15) is 66.4 Å². The second kappa shape index (κ2) is 14.8. The van der Waals surface area contributed by atoms with Crippen LogP contribution in [0.1, 0.15) is 6.92 Å². The molecular formula is C25H43NO18. The second-order valence-corrected chi connectivity index (χ2v) is 11.4. The summed E-state index contributed by atoms with van der Waals surface area (Å²) in [4.78, 5) is 0. The SMILES string of the molecule is CC1O[C@@H](OC2C(CO)O[C@@H](OC3C(CO)O[C@@H](O)C(O)[C@H]3O)C(O)[C@H]2O)C(O)[C@@H](O)C1NC1C=C(CO)[C@@H](O)[C@H](O)[C@H]1O. The molecule has 19 nitrogen and oxygen atoms in total. The van der Waals surface area contributed by atoms with E-state index in [1.54, 1.807) is 0 Å². The number of hydrogen-bond acceptors (Lipinski definition) is 19. The van der Waals surface area contributed by atoms with Crippen molar-refractivity contribution >= 4 is 0 Å². The van der Waals surface area contributed by atoms with E-state index in [1.807, 2.05) is 0 Å². The third-order valence-electron chi connectivity index (χ3n) is 8.48. The second-order valence-electron chi connectivity index (χ2n) is 11.4. The Kier molecular flexibility index (Phi) is 12.1. The Hall–Kier alpha value is -1.02. The summed E-state index contributed by atoms with van der Waals surface area (Å²) in [5.74, 6) is 0. The van der Waals surface area contributed by atoms with Crippen LogP contribution in [-0.4, -0.2) is 203 Å². The summed E-state index contributed by atoms with van der Waals surface area (Å²) in [6.45, 7) is -0.753. The maximum atomic E-state index is 10.9. The first-order valence-corrected chi connectivity index (χ1v) is 14.1. The molecule has 0 aromatic rings. The van der Waals surface area contributed by atoms with Crippen LogP contribution < -0.4 is 5.32 Å². The van der Waals surface area contributed by atoms with Gasteiger partial charge >= 0.3 is 0 Å². The average Bonchev–Trinajstić information content (AvgIpc) is 3.00. The van der Waals surface area contributed by atoms with Crippen molar-refractivity contribution in [3.63, 3.8) is 0 Å². The molecule has 19 heteroatoms. The Morgan fingerprint density at radius 2 is 1.16 bits per heavy atom. The number of nitrogens with one attached hydrogen (secondary N) is 1. The van der Waals surface area contributed by atoms with Crippen LogP contribution in [0.25, 0.3) is 0 Å². The summed E-state index contributed by atoms with van der Waals surface area (Å²) in [7, 11) is 0. The molecule has 0 amide bonds. The van der Waals surface area contributed by atoms with Crippen molar-refractivity contribution in [2.75, 3.05) is 19.8 Å². The molecule has 44 heavy (non-hydrogen) atoms. The molecule has 0 radical (unpaired) electrons. The number of rotatable bonds is 9.